The minimum atomic E-state index is -4.11. The minimum Gasteiger partial charge on any atom is -0.313 e. The second-order valence-corrected chi connectivity index (χ2v) is 5.72. The third-order valence-electron chi connectivity index (χ3n) is 2.44. The van der Waals surface area contributed by atoms with Crippen LogP contribution in [0.15, 0.2) is 30.3 Å². The van der Waals surface area contributed by atoms with E-state index in [0.29, 0.717) is 0 Å². The molecule has 0 aromatic heterocycles. The molecule has 0 aliphatic rings. The summed E-state index contributed by atoms with van der Waals surface area (Å²) >= 11 is 0. The highest BCUT2D eigenvalue weighted by Gasteiger charge is 2.20. The van der Waals surface area contributed by atoms with Gasteiger partial charge in [-0.1, -0.05) is 37.3 Å². The van der Waals surface area contributed by atoms with Gasteiger partial charge in [0.1, 0.15) is 5.37 Å². The summed E-state index contributed by atoms with van der Waals surface area (Å²) in [7, 11) is -4.11. The van der Waals surface area contributed by atoms with Crippen molar-refractivity contribution in [2.24, 2.45) is 11.7 Å². The molecule has 16 heavy (non-hydrogen) atoms. The van der Waals surface area contributed by atoms with E-state index in [4.69, 9.17) is 10.3 Å². The largest absolute Gasteiger partial charge is 0.313 e. The SMILES string of the molecule is CC(Cc1ccccc1)CC(N)S(=O)(=O)O. The molecule has 0 radical (unpaired) electrons. The molecule has 0 spiro atoms. The molecule has 5 heteroatoms. The van der Waals surface area contributed by atoms with Gasteiger partial charge in [0.2, 0.25) is 0 Å². The van der Waals surface area contributed by atoms with E-state index in [1.54, 1.807) is 0 Å². The van der Waals surface area contributed by atoms with E-state index < -0.39 is 15.5 Å². The van der Waals surface area contributed by atoms with E-state index in [2.05, 4.69) is 0 Å². The van der Waals surface area contributed by atoms with Crippen molar-refractivity contribution in [3.63, 3.8) is 0 Å². The molecule has 0 aliphatic carbocycles. The first kappa shape index (κ1) is 13.2. The Bertz CT molecular complexity index is 416. The zero-order valence-electron chi connectivity index (χ0n) is 9.20. The maximum atomic E-state index is 10.7. The molecule has 1 aromatic rings. The average molecular weight is 243 g/mol. The van der Waals surface area contributed by atoms with Crippen molar-refractivity contribution >= 4 is 10.1 Å². The van der Waals surface area contributed by atoms with Crippen LogP contribution in [0.1, 0.15) is 18.9 Å². The van der Waals surface area contributed by atoms with Gasteiger partial charge in [-0.3, -0.25) is 4.55 Å². The van der Waals surface area contributed by atoms with Crippen LogP contribution in [-0.4, -0.2) is 18.3 Å². The standard InChI is InChI=1S/C11H17NO3S/c1-9(8-11(12)16(13,14)15)7-10-5-3-2-4-6-10/h2-6,9,11H,7-8,12H2,1H3,(H,13,14,15). The Morgan fingerprint density at radius 2 is 1.88 bits per heavy atom. The molecule has 4 nitrogen and oxygen atoms in total. The highest BCUT2D eigenvalue weighted by atomic mass is 32.2. The van der Waals surface area contributed by atoms with Gasteiger partial charge in [0.15, 0.2) is 0 Å². The van der Waals surface area contributed by atoms with Gasteiger partial charge in [0, 0.05) is 0 Å². The lowest BCUT2D eigenvalue weighted by atomic mass is 9.98. The van der Waals surface area contributed by atoms with E-state index in [0.717, 1.165) is 12.0 Å². The molecule has 0 amide bonds. The first-order chi connectivity index (χ1) is 7.39. The molecule has 0 heterocycles. The number of hydrogen-bond acceptors (Lipinski definition) is 3. The predicted molar refractivity (Wildman–Crippen MR) is 63.5 cm³/mol. The summed E-state index contributed by atoms with van der Waals surface area (Å²) < 4.78 is 30.2. The fraction of sp³-hybridized carbons (Fsp3) is 0.455. The molecule has 0 saturated carbocycles. The lowest BCUT2D eigenvalue weighted by Crippen LogP contribution is -2.32. The lowest BCUT2D eigenvalue weighted by molar-refractivity contribution is 0.438. The zero-order chi connectivity index (χ0) is 12.2. The molecule has 1 rings (SSSR count). The highest BCUT2D eigenvalue weighted by molar-refractivity contribution is 7.86. The zero-order valence-corrected chi connectivity index (χ0v) is 10.0. The summed E-state index contributed by atoms with van der Waals surface area (Å²) in [6.45, 7) is 1.91. The minimum absolute atomic E-state index is 0.110. The summed E-state index contributed by atoms with van der Waals surface area (Å²) in [5, 5.41) is -1.19. The van der Waals surface area contributed by atoms with Crippen LogP contribution in [-0.2, 0) is 16.5 Å². The molecule has 0 fully saturated rings. The quantitative estimate of drug-likeness (QED) is 0.767. The molecule has 2 unspecified atom stereocenters. The van der Waals surface area contributed by atoms with Crippen molar-refractivity contribution in [2.75, 3.05) is 0 Å². The van der Waals surface area contributed by atoms with Gasteiger partial charge in [-0.05, 0) is 24.3 Å². The second kappa shape index (κ2) is 5.43. The van der Waals surface area contributed by atoms with Crippen LogP contribution >= 0.6 is 0 Å². The number of hydrogen-bond donors (Lipinski definition) is 2. The van der Waals surface area contributed by atoms with Gasteiger partial charge in [0.05, 0.1) is 0 Å². The summed E-state index contributed by atoms with van der Waals surface area (Å²) in [6.07, 6.45) is 1.01. The summed E-state index contributed by atoms with van der Waals surface area (Å²) in [6, 6.07) is 9.76. The van der Waals surface area contributed by atoms with E-state index in [-0.39, 0.29) is 12.3 Å². The fourth-order valence-corrected chi connectivity index (χ4v) is 2.19. The monoisotopic (exact) mass is 243 g/mol. The topological polar surface area (TPSA) is 80.4 Å². The van der Waals surface area contributed by atoms with Crippen LogP contribution in [0.25, 0.3) is 0 Å². The Balaban J connectivity index is 2.52. The highest BCUT2D eigenvalue weighted by Crippen LogP contribution is 2.14. The Hall–Kier alpha value is -0.910. The van der Waals surface area contributed by atoms with Crippen LogP contribution in [0, 0.1) is 5.92 Å². The van der Waals surface area contributed by atoms with Crippen LogP contribution < -0.4 is 5.73 Å². The smallest absolute Gasteiger partial charge is 0.280 e. The van der Waals surface area contributed by atoms with Crippen LogP contribution in [0.5, 0.6) is 0 Å². The van der Waals surface area contributed by atoms with Gasteiger partial charge in [-0.25, -0.2) is 0 Å². The Labute approximate surface area is 96.2 Å². The Morgan fingerprint density at radius 3 is 2.38 bits per heavy atom. The maximum Gasteiger partial charge on any atom is 0.280 e. The lowest BCUT2D eigenvalue weighted by Gasteiger charge is -2.14. The normalized spacial score (nSPS) is 15.7. The molecule has 0 aliphatic heterocycles. The van der Waals surface area contributed by atoms with Crippen molar-refractivity contribution in [3.8, 4) is 0 Å². The van der Waals surface area contributed by atoms with E-state index >= 15 is 0 Å². The molecule has 90 valence electrons. The molecule has 2 atom stereocenters. The third kappa shape index (κ3) is 4.30. The van der Waals surface area contributed by atoms with Gasteiger partial charge < -0.3 is 5.73 Å². The molecule has 1 aromatic carbocycles. The van der Waals surface area contributed by atoms with Gasteiger partial charge in [-0.2, -0.15) is 8.42 Å². The van der Waals surface area contributed by atoms with Crippen molar-refractivity contribution in [1.29, 1.82) is 0 Å². The fourth-order valence-electron chi connectivity index (χ4n) is 1.62. The second-order valence-electron chi connectivity index (χ2n) is 4.08. The van der Waals surface area contributed by atoms with Gasteiger partial charge >= 0.3 is 0 Å². The number of benzene rings is 1. The summed E-state index contributed by atoms with van der Waals surface area (Å²) in [5.74, 6) is 0.110. The van der Waals surface area contributed by atoms with Crippen molar-refractivity contribution in [2.45, 2.75) is 25.1 Å². The summed E-state index contributed by atoms with van der Waals surface area (Å²) in [4.78, 5) is 0. The number of nitrogens with two attached hydrogens (primary N) is 1. The van der Waals surface area contributed by atoms with Crippen molar-refractivity contribution in [1.82, 2.24) is 0 Å². The molecule has 0 bridgehead atoms. The van der Waals surface area contributed by atoms with Crippen molar-refractivity contribution in [3.05, 3.63) is 35.9 Å². The van der Waals surface area contributed by atoms with Crippen LogP contribution in [0.4, 0.5) is 0 Å². The first-order valence-electron chi connectivity index (χ1n) is 5.15. The maximum absolute atomic E-state index is 10.7. The van der Waals surface area contributed by atoms with Gasteiger partial charge in [-0.15, -0.1) is 0 Å². The molecule has 3 N–H and O–H groups in total. The number of rotatable bonds is 5. The van der Waals surface area contributed by atoms with E-state index in [1.807, 2.05) is 37.3 Å². The van der Waals surface area contributed by atoms with Crippen LogP contribution in [0.2, 0.25) is 0 Å². The average Bonchev–Trinajstić information content (AvgIpc) is 2.17. The molecular formula is C11H17NO3S. The van der Waals surface area contributed by atoms with E-state index in [1.165, 1.54) is 0 Å². The first-order valence-corrected chi connectivity index (χ1v) is 6.65. The Morgan fingerprint density at radius 1 is 1.31 bits per heavy atom. The Kier molecular flexibility index (Phi) is 4.46. The van der Waals surface area contributed by atoms with Gasteiger partial charge in [0.25, 0.3) is 10.1 Å². The van der Waals surface area contributed by atoms with Crippen molar-refractivity contribution < 1.29 is 13.0 Å². The molecule has 0 saturated heterocycles. The van der Waals surface area contributed by atoms with E-state index in [9.17, 15) is 8.42 Å². The predicted octanol–water partition coefficient (Wildman–Crippen LogP) is 1.43. The summed E-state index contributed by atoms with van der Waals surface area (Å²) in [5.41, 5.74) is 6.50. The van der Waals surface area contributed by atoms with Crippen LogP contribution in [0.3, 0.4) is 0 Å². The third-order valence-corrected chi connectivity index (χ3v) is 3.40. The molecular weight excluding hydrogens is 226 g/mol.